The summed E-state index contributed by atoms with van der Waals surface area (Å²) in [7, 11) is 1.60. The van der Waals surface area contributed by atoms with Crippen molar-refractivity contribution in [2.75, 3.05) is 12.4 Å². The van der Waals surface area contributed by atoms with Gasteiger partial charge in [0.05, 0.1) is 23.3 Å². The second-order valence-electron chi connectivity index (χ2n) is 5.59. The standard InChI is InChI=1S/C19H18N2O4S/c1-12-9-16(21-18(22)15-7-4-8-25-15)26-17(12)19(23)20-11-13-5-3-6-14(10-13)24-2/h3-10H,11H2,1-2H3,(H,20,23)(H,21,22). The Hall–Kier alpha value is -3.06. The Morgan fingerprint density at radius 1 is 1.15 bits per heavy atom. The number of furan rings is 1. The van der Waals surface area contributed by atoms with Crippen LogP contribution in [0.2, 0.25) is 0 Å². The molecule has 0 radical (unpaired) electrons. The summed E-state index contributed by atoms with van der Waals surface area (Å²) in [6, 6.07) is 12.5. The zero-order valence-electron chi connectivity index (χ0n) is 14.4. The first-order valence-corrected chi connectivity index (χ1v) is 8.75. The Kier molecular flexibility index (Phi) is 5.38. The second-order valence-corrected chi connectivity index (χ2v) is 6.64. The van der Waals surface area contributed by atoms with E-state index < -0.39 is 0 Å². The predicted octanol–water partition coefficient (Wildman–Crippen LogP) is 3.84. The number of rotatable bonds is 6. The SMILES string of the molecule is COc1cccc(CNC(=O)c2sc(NC(=O)c3ccco3)cc2C)c1. The lowest BCUT2D eigenvalue weighted by Crippen LogP contribution is -2.22. The highest BCUT2D eigenvalue weighted by Crippen LogP contribution is 2.27. The van der Waals surface area contributed by atoms with Crippen molar-refractivity contribution in [3.8, 4) is 5.75 Å². The molecule has 2 heterocycles. The zero-order chi connectivity index (χ0) is 18.5. The molecule has 2 amide bonds. The van der Waals surface area contributed by atoms with Gasteiger partial charge in [-0.05, 0) is 48.4 Å². The molecule has 1 aromatic carbocycles. The minimum atomic E-state index is -0.348. The highest BCUT2D eigenvalue weighted by Gasteiger charge is 2.16. The molecule has 0 saturated carbocycles. The number of amides is 2. The van der Waals surface area contributed by atoms with Crippen LogP contribution in [0.3, 0.4) is 0 Å². The molecule has 134 valence electrons. The van der Waals surface area contributed by atoms with E-state index in [2.05, 4.69) is 10.6 Å². The number of hydrogen-bond donors (Lipinski definition) is 2. The number of anilines is 1. The van der Waals surface area contributed by atoms with Gasteiger partial charge in [-0.3, -0.25) is 9.59 Å². The van der Waals surface area contributed by atoms with E-state index in [4.69, 9.17) is 9.15 Å². The molecule has 0 saturated heterocycles. The summed E-state index contributed by atoms with van der Waals surface area (Å²) < 4.78 is 10.2. The van der Waals surface area contributed by atoms with Gasteiger partial charge in [0.25, 0.3) is 11.8 Å². The van der Waals surface area contributed by atoms with Crippen molar-refractivity contribution in [1.82, 2.24) is 5.32 Å². The summed E-state index contributed by atoms with van der Waals surface area (Å²) in [5, 5.41) is 6.22. The summed E-state index contributed by atoms with van der Waals surface area (Å²) in [5.41, 5.74) is 1.74. The summed E-state index contributed by atoms with van der Waals surface area (Å²) in [4.78, 5) is 25.0. The van der Waals surface area contributed by atoms with Crippen LogP contribution in [0.4, 0.5) is 5.00 Å². The third kappa shape index (κ3) is 4.12. The minimum Gasteiger partial charge on any atom is -0.497 e. The van der Waals surface area contributed by atoms with E-state index in [1.807, 2.05) is 31.2 Å². The van der Waals surface area contributed by atoms with Gasteiger partial charge in [-0.1, -0.05) is 12.1 Å². The van der Waals surface area contributed by atoms with Crippen LogP contribution in [0, 0.1) is 6.92 Å². The number of ether oxygens (including phenoxy) is 1. The number of thiophene rings is 1. The van der Waals surface area contributed by atoms with E-state index in [0.717, 1.165) is 16.9 Å². The maximum atomic E-state index is 12.5. The van der Waals surface area contributed by atoms with Crippen LogP contribution >= 0.6 is 11.3 Å². The fourth-order valence-corrected chi connectivity index (χ4v) is 3.38. The van der Waals surface area contributed by atoms with Crippen molar-refractivity contribution < 1.29 is 18.7 Å². The van der Waals surface area contributed by atoms with Gasteiger partial charge < -0.3 is 19.8 Å². The van der Waals surface area contributed by atoms with Crippen LogP contribution in [0.1, 0.15) is 31.4 Å². The molecule has 0 aliphatic rings. The van der Waals surface area contributed by atoms with Crippen molar-refractivity contribution in [3.63, 3.8) is 0 Å². The first-order chi connectivity index (χ1) is 12.6. The Labute approximate surface area is 154 Å². The fourth-order valence-electron chi connectivity index (χ4n) is 2.40. The van der Waals surface area contributed by atoms with E-state index >= 15 is 0 Å². The third-order valence-corrected chi connectivity index (χ3v) is 4.84. The number of carbonyl (C=O) groups excluding carboxylic acids is 2. The van der Waals surface area contributed by atoms with E-state index in [1.165, 1.54) is 17.6 Å². The smallest absolute Gasteiger partial charge is 0.291 e. The van der Waals surface area contributed by atoms with Crippen molar-refractivity contribution in [2.45, 2.75) is 13.5 Å². The summed E-state index contributed by atoms with van der Waals surface area (Å²) >= 11 is 1.23. The van der Waals surface area contributed by atoms with Gasteiger partial charge in [0.1, 0.15) is 5.75 Å². The lowest BCUT2D eigenvalue weighted by molar-refractivity contribution is 0.0953. The molecule has 0 atom stereocenters. The summed E-state index contributed by atoms with van der Waals surface area (Å²) in [6.07, 6.45) is 1.44. The molecular weight excluding hydrogens is 352 g/mol. The van der Waals surface area contributed by atoms with Crippen LogP contribution < -0.4 is 15.4 Å². The number of nitrogens with one attached hydrogen (secondary N) is 2. The van der Waals surface area contributed by atoms with Crippen LogP contribution in [-0.4, -0.2) is 18.9 Å². The molecular formula is C19H18N2O4S. The molecule has 0 aliphatic carbocycles. The summed E-state index contributed by atoms with van der Waals surface area (Å²) in [6.45, 7) is 2.22. The fraction of sp³-hybridized carbons (Fsp3) is 0.158. The monoisotopic (exact) mass is 370 g/mol. The van der Waals surface area contributed by atoms with Crippen molar-refractivity contribution in [3.05, 3.63) is 70.5 Å². The molecule has 0 fully saturated rings. The number of methoxy groups -OCH3 is 1. The van der Waals surface area contributed by atoms with Crippen LogP contribution in [0.15, 0.2) is 53.1 Å². The first kappa shape index (κ1) is 17.8. The molecule has 2 N–H and O–H groups in total. The van der Waals surface area contributed by atoms with Crippen LogP contribution in [0.25, 0.3) is 0 Å². The average molecular weight is 370 g/mol. The molecule has 3 aromatic rings. The first-order valence-electron chi connectivity index (χ1n) is 7.93. The molecule has 0 unspecified atom stereocenters. The molecule has 6 nitrogen and oxygen atoms in total. The number of hydrogen-bond acceptors (Lipinski definition) is 5. The average Bonchev–Trinajstić information content (AvgIpc) is 3.30. The van der Waals surface area contributed by atoms with Crippen molar-refractivity contribution >= 4 is 28.2 Å². The van der Waals surface area contributed by atoms with Gasteiger partial charge >= 0.3 is 0 Å². The minimum absolute atomic E-state index is 0.186. The number of benzene rings is 1. The van der Waals surface area contributed by atoms with Crippen LogP contribution in [0.5, 0.6) is 5.75 Å². The van der Waals surface area contributed by atoms with Gasteiger partial charge in [-0.15, -0.1) is 11.3 Å². The van der Waals surface area contributed by atoms with E-state index in [-0.39, 0.29) is 17.6 Å². The van der Waals surface area contributed by atoms with Crippen LogP contribution in [-0.2, 0) is 6.54 Å². The molecule has 0 aliphatic heterocycles. The number of carbonyl (C=O) groups is 2. The lowest BCUT2D eigenvalue weighted by Gasteiger charge is -2.06. The predicted molar refractivity (Wildman–Crippen MR) is 99.9 cm³/mol. The van der Waals surface area contributed by atoms with Gasteiger partial charge in [-0.25, -0.2) is 0 Å². The second kappa shape index (κ2) is 7.88. The summed E-state index contributed by atoms with van der Waals surface area (Å²) in [5.74, 6) is 0.431. The molecule has 3 rings (SSSR count). The maximum Gasteiger partial charge on any atom is 0.291 e. The molecule has 26 heavy (non-hydrogen) atoms. The molecule has 0 bridgehead atoms. The highest BCUT2D eigenvalue weighted by atomic mass is 32.1. The van der Waals surface area contributed by atoms with E-state index in [9.17, 15) is 9.59 Å². The van der Waals surface area contributed by atoms with Gasteiger partial charge in [0.15, 0.2) is 5.76 Å². The van der Waals surface area contributed by atoms with E-state index in [0.29, 0.717) is 16.4 Å². The van der Waals surface area contributed by atoms with Crippen molar-refractivity contribution in [2.24, 2.45) is 0 Å². The lowest BCUT2D eigenvalue weighted by atomic mass is 10.2. The molecule has 0 spiro atoms. The van der Waals surface area contributed by atoms with E-state index in [1.54, 1.807) is 25.3 Å². The topological polar surface area (TPSA) is 80.6 Å². The quantitative estimate of drug-likeness (QED) is 0.691. The number of aryl methyl sites for hydroxylation is 1. The van der Waals surface area contributed by atoms with Gasteiger partial charge in [0.2, 0.25) is 0 Å². The Morgan fingerprint density at radius 3 is 2.73 bits per heavy atom. The third-order valence-electron chi connectivity index (χ3n) is 3.69. The molecule has 7 heteroatoms. The van der Waals surface area contributed by atoms with Crippen molar-refractivity contribution in [1.29, 1.82) is 0 Å². The van der Waals surface area contributed by atoms with Gasteiger partial charge in [0, 0.05) is 6.54 Å². The largest absolute Gasteiger partial charge is 0.497 e. The maximum absolute atomic E-state index is 12.5. The Bertz CT molecular complexity index is 916. The normalized spacial score (nSPS) is 10.4. The Morgan fingerprint density at radius 2 is 2.00 bits per heavy atom. The Balaban J connectivity index is 1.64. The zero-order valence-corrected chi connectivity index (χ0v) is 15.2. The highest BCUT2D eigenvalue weighted by molar-refractivity contribution is 7.18. The van der Waals surface area contributed by atoms with Gasteiger partial charge in [-0.2, -0.15) is 0 Å². The molecule has 2 aromatic heterocycles.